The van der Waals surface area contributed by atoms with Gasteiger partial charge in [-0.05, 0) is 24.3 Å². The number of aromatic nitrogens is 3. The molecule has 0 aliphatic rings. The monoisotopic (exact) mass is 413 g/mol. The third kappa shape index (κ3) is 3.06. The van der Waals surface area contributed by atoms with E-state index in [0.29, 0.717) is 22.8 Å². The summed E-state index contributed by atoms with van der Waals surface area (Å²) in [6.45, 7) is 0. The van der Waals surface area contributed by atoms with Gasteiger partial charge in [-0.25, -0.2) is 13.2 Å². The van der Waals surface area contributed by atoms with Crippen LogP contribution in [0.1, 0.15) is 5.56 Å². The number of benzene rings is 2. The lowest BCUT2D eigenvalue weighted by atomic mass is 10.1. The summed E-state index contributed by atoms with van der Waals surface area (Å²) in [7, 11) is 2.99. The zero-order chi connectivity index (χ0) is 21.4. The van der Waals surface area contributed by atoms with E-state index in [1.807, 2.05) is 6.07 Å². The molecule has 0 fully saturated rings. The first-order valence-corrected chi connectivity index (χ1v) is 8.60. The molecule has 2 aromatic carbocycles. The molecule has 2 N–H and O–H groups in total. The molecule has 0 bridgehead atoms. The lowest BCUT2D eigenvalue weighted by Gasteiger charge is -2.12. The molecule has 0 amide bonds. The minimum Gasteiger partial charge on any atom is -0.493 e. The van der Waals surface area contributed by atoms with E-state index in [1.165, 1.54) is 24.9 Å². The number of ether oxygens (including phenoxy) is 2. The van der Waals surface area contributed by atoms with Gasteiger partial charge < -0.3 is 19.8 Å². The van der Waals surface area contributed by atoms with Crippen LogP contribution < -0.4 is 14.8 Å². The zero-order valence-corrected chi connectivity index (χ0v) is 15.8. The number of rotatable bonds is 5. The second-order valence-electron chi connectivity index (χ2n) is 6.23. The van der Waals surface area contributed by atoms with E-state index in [1.54, 1.807) is 18.2 Å². The first-order chi connectivity index (χ1) is 14.5. The fraction of sp³-hybridized carbons (Fsp3) is 0.100. The Morgan fingerprint density at radius 1 is 1.07 bits per heavy atom. The van der Waals surface area contributed by atoms with Crippen molar-refractivity contribution in [2.45, 2.75) is 0 Å². The van der Waals surface area contributed by atoms with Crippen LogP contribution >= 0.6 is 0 Å². The van der Waals surface area contributed by atoms with Gasteiger partial charge in [0.05, 0.1) is 26.1 Å². The molecule has 0 aliphatic carbocycles. The van der Waals surface area contributed by atoms with E-state index >= 15 is 0 Å². The number of nitrogens with zero attached hydrogens (tertiary/aromatic N) is 3. The topological polar surface area (TPSA) is 87.4 Å². The number of methoxy groups -OCH3 is 2. The predicted molar refractivity (Wildman–Crippen MR) is 102 cm³/mol. The van der Waals surface area contributed by atoms with Crippen LogP contribution in [0.15, 0.2) is 36.5 Å². The molecule has 0 spiro atoms. The van der Waals surface area contributed by atoms with Crippen molar-refractivity contribution in [1.82, 2.24) is 14.6 Å². The Bertz CT molecular complexity index is 1280. The number of nitriles is 1. The van der Waals surface area contributed by atoms with Crippen molar-refractivity contribution in [1.29, 1.82) is 5.26 Å². The van der Waals surface area contributed by atoms with Crippen molar-refractivity contribution >= 4 is 17.2 Å². The van der Waals surface area contributed by atoms with Gasteiger partial charge in [-0.1, -0.05) is 0 Å². The molecule has 0 saturated carbocycles. The van der Waals surface area contributed by atoms with E-state index in [4.69, 9.17) is 9.47 Å². The number of anilines is 2. The van der Waals surface area contributed by atoms with E-state index < -0.39 is 17.5 Å². The van der Waals surface area contributed by atoms with Crippen LogP contribution in [-0.4, -0.2) is 28.8 Å². The Balaban J connectivity index is 1.89. The fourth-order valence-electron chi connectivity index (χ4n) is 3.08. The Hall–Kier alpha value is -4.13. The third-order valence-electron chi connectivity index (χ3n) is 4.50. The van der Waals surface area contributed by atoms with Gasteiger partial charge in [0.1, 0.15) is 11.6 Å². The van der Waals surface area contributed by atoms with Crippen molar-refractivity contribution in [3.8, 4) is 28.8 Å². The zero-order valence-electron chi connectivity index (χ0n) is 15.8. The SMILES string of the molecule is COc1ccc(Nc2c(-c3cc(F)c(F)c(F)c3)[nH]c3c(C#N)cnn23)cc1OC. The summed E-state index contributed by atoms with van der Waals surface area (Å²) in [6, 6.07) is 8.72. The standard InChI is InChI=1S/C20H14F3N5O2/c1-29-15-4-3-12(7-16(15)30-2)26-20-18(10-5-13(21)17(23)14(22)6-10)27-19-11(8-24)9-25-28(19)20/h3-7,9,26-27H,1-2H3. The number of halogens is 3. The molecule has 30 heavy (non-hydrogen) atoms. The Morgan fingerprint density at radius 2 is 1.77 bits per heavy atom. The molecule has 0 atom stereocenters. The van der Waals surface area contributed by atoms with Crippen LogP contribution in [0.5, 0.6) is 11.5 Å². The van der Waals surface area contributed by atoms with E-state index in [0.717, 1.165) is 12.1 Å². The number of fused-ring (bicyclic) bond motifs is 1. The summed E-state index contributed by atoms with van der Waals surface area (Å²) >= 11 is 0. The second kappa shape index (κ2) is 7.36. The maximum absolute atomic E-state index is 13.8. The van der Waals surface area contributed by atoms with E-state index in [2.05, 4.69) is 15.4 Å². The molecule has 0 unspecified atom stereocenters. The van der Waals surface area contributed by atoms with E-state index in [-0.39, 0.29) is 22.6 Å². The lowest BCUT2D eigenvalue weighted by Crippen LogP contribution is -2.00. The maximum Gasteiger partial charge on any atom is 0.194 e. The number of imidazole rings is 1. The average Bonchev–Trinajstić information content (AvgIpc) is 3.31. The van der Waals surface area contributed by atoms with Crippen LogP contribution in [0.2, 0.25) is 0 Å². The van der Waals surface area contributed by atoms with Gasteiger partial charge in [0.2, 0.25) is 0 Å². The van der Waals surface area contributed by atoms with Gasteiger partial charge in [-0.3, -0.25) is 0 Å². The summed E-state index contributed by atoms with van der Waals surface area (Å²) in [5, 5.41) is 16.5. The second-order valence-corrected chi connectivity index (χ2v) is 6.23. The lowest BCUT2D eigenvalue weighted by molar-refractivity contribution is 0.355. The molecule has 152 valence electrons. The van der Waals surface area contributed by atoms with Crippen LogP contribution in [0, 0.1) is 28.8 Å². The van der Waals surface area contributed by atoms with Crippen molar-refractivity contribution in [2.75, 3.05) is 19.5 Å². The van der Waals surface area contributed by atoms with Crippen molar-refractivity contribution in [3.05, 3.63) is 59.5 Å². The maximum atomic E-state index is 13.8. The van der Waals surface area contributed by atoms with Crippen molar-refractivity contribution in [3.63, 3.8) is 0 Å². The van der Waals surface area contributed by atoms with Gasteiger partial charge in [-0.15, -0.1) is 0 Å². The summed E-state index contributed by atoms with van der Waals surface area (Å²) in [5.41, 5.74) is 1.32. The molecule has 7 nitrogen and oxygen atoms in total. The average molecular weight is 413 g/mol. The van der Waals surface area contributed by atoms with Crippen LogP contribution in [0.4, 0.5) is 24.7 Å². The quantitative estimate of drug-likeness (QED) is 0.474. The van der Waals surface area contributed by atoms with Gasteiger partial charge in [0, 0.05) is 17.3 Å². The number of H-pyrrole nitrogens is 1. The first kappa shape index (κ1) is 19.2. The van der Waals surface area contributed by atoms with Crippen LogP contribution in [-0.2, 0) is 0 Å². The highest BCUT2D eigenvalue weighted by molar-refractivity contribution is 5.81. The molecular weight excluding hydrogens is 399 g/mol. The molecule has 10 heteroatoms. The highest BCUT2D eigenvalue weighted by Crippen LogP contribution is 2.36. The first-order valence-electron chi connectivity index (χ1n) is 8.60. The molecule has 0 aliphatic heterocycles. The summed E-state index contributed by atoms with van der Waals surface area (Å²) < 4.78 is 53.0. The summed E-state index contributed by atoms with van der Waals surface area (Å²) in [6.07, 6.45) is 1.35. The molecule has 0 radical (unpaired) electrons. The Kier molecular flexibility index (Phi) is 4.71. The minimum atomic E-state index is -1.57. The molecule has 2 heterocycles. The summed E-state index contributed by atoms with van der Waals surface area (Å²) in [5.74, 6) is -3.00. The highest BCUT2D eigenvalue weighted by atomic mass is 19.2. The van der Waals surface area contributed by atoms with Crippen LogP contribution in [0.3, 0.4) is 0 Å². The molecular formula is C20H14F3N5O2. The van der Waals surface area contributed by atoms with Gasteiger partial charge in [0.25, 0.3) is 0 Å². The largest absolute Gasteiger partial charge is 0.493 e. The van der Waals surface area contributed by atoms with E-state index in [9.17, 15) is 18.4 Å². The van der Waals surface area contributed by atoms with Crippen LogP contribution in [0.25, 0.3) is 16.9 Å². The van der Waals surface area contributed by atoms with Gasteiger partial charge in [-0.2, -0.15) is 14.9 Å². The van der Waals surface area contributed by atoms with Crippen molar-refractivity contribution in [2.24, 2.45) is 0 Å². The van der Waals surface area contributed by atoms with Crippen molar-refractivity contribution < 1.29 is 22.6 Å². The van der Waals surface area contributed by atoms with Gasteiger partial charge >= 0.3 is 0 Å². The fourth-order valence-corrected chi connectivity index (χ4v) is 3.08. The molecule has 4 rings (SSSR count). The third-order valence-corrected chi connectivity index (χ3v) is 4.50. The number of aromatic amines is 1. The predicted octanol–water partition coefficient (Wildman–Crippen LogP) is 4.38. The number of nitrogens with one attached hydrogen (secondary N) is 2. The molecule has 2 aromatic heterocycles. The minimum absolute atomic E-state index is 0.0313. The highest BCUT2D eigenvalue weighted by Gasteiger charge is 2.21. The number of hydrogen-bond donors (Lipinski definition) is 2. The molecule has 4 aromatic rings. The number of hydrogen-bond acceptors (Lipinski definition) is 5. The Morgan fingerprint density at radius 3 is 2.40 bits per heavy atom. The smallest absolute Gasteiger partial charge is 0.194 e. The Labute approximate surface area is 168 Å². The summed E-state index contributed by atoms with van der Waals surface area (Å²) in [4.78, 5) is 2.93. The molecule has 0 saturated heterocycles. The normalized spacial score (nSPS) is 10.8. The van der Waals surface area contributed by atoms with Gasteiger partial charge in [0.15, 0.2) is 40.4 Å².